The molecule has 2 aliphatic heterocycles. The van der Waals surface area contributed by atoms with Crippen molar-refractivity contribution in [1.29, 1.82) is 0 Å². The zero-order valence-corrected chi connectivity index (χ0v) is 19.0. The lowest BCUT2D eigenvalue weighted by Gasteiger charge is -2.45. The Kier molecular flexibility index (Phi) is 5.10. The average molecular weight is 458 g/mol. The average Bonchev–Trinajstić information content (AvgIpc) is 3.27. The monoisotopic (exact) mass is 457 g/mol. The van der Waals surface area contributed by atoms with E-state index in [9.17, 15) is 9.18 Å². The van der Waals surface area contributed by atoms with Crippen LogP contribution < -0.4 is 4.90 Å². The quantitative estimate of drug-likeness (QED) is 0.396. The van der Waals surface area contributed by atoms with Crippen LogP contribution in [0.15, 0.2) is 72.8 Å². The number of hydrogen-bond acceptors (Lipinski definition) is 4. The number of likely N-dealkylation sites (tertiary alicyclic amines) is 1. The Bertz CT molecular complexity index is 1290. The number of halogens is 1. The zero-order chi connectivity index (χ0) is 22.4. The third-order valence-corrected chi connectivity index (χ3v) is 7.81. The first kappa shape index (κ1) is 20.4. The van der Waals surface area contributed by atoms with E-state index < -0.39 is 0 Å². The lowest BCUT2D eigenvalue weighted by atomic mass is 9.84. The minimum absolute atomic E-state index is 0.0398. The number of hydrogen-bond donors (Lipinski definition) is 0. The predicted molar refractivity (Wildman–Crippen MR) is 131 cm³/mol. The summed E-state index contributed by atoms with van der Waals surface area (Å²) in [5, 5.41) is 1.09. The van der Waals surface area contributed by atoms with Crippen molar-refractivity contribution >= 4 is 32.6 Å². The van der Waals surface area contributed by atoms with Gasteiger partial charge in [-0.2, -0.15) is 0 Å². The summed E-state index contributed by atoms with van der Waals surface area (Å²) in [5.41, 5.74) is 3.22. The van der Waals surface area contributed by atoms with Gasteiger partial charge >= 0.3 is 0 Å². The largest absolute Gasteiger partial charge is 0.347 e. The van der Waals surface area contributed by atoms with Gasteiger partial charge in [-0.1, -0.05) is 53.8 Å². The number of aromatic nitrogens is 1. The smallest absolute Gasteiger partial charge is 0.254 e. The summed E-state index contributed by atoms with van der Waals surface area (Å²) in [4.78, 5) is 22.9. The number of anilines is 1. The molecule has 0 aliphatic carbocycles. The molecule has 33 heavy (non-hydrogen) atoms. The highest BCUT2D eigenvalue weighted by atomic mass is 32.1. The van der Waals surface area contributed by atoms with E-state index in [2.05, 4.69) is 23.1 Å². The van der Waals surface area contributed by atoms with E-state index in [0.717, 1.165) is 54.4 Å². The molecule has 3 aromatic carbocycles. The molecule has 3 heterocycles. The van der Waals surface area contributed by atoms with Gasteiger partial charge in [0.15, 0.2) is 5.13 Å². The Hall–Kier alpha value is -3.25. The van der Waals surface area contributed by atoms with Crippen molar-refractivity contribution in [1.82, 2.24) is 9.88 Å². The number of fused-ring (bicyclic) bond motifs is 3. The molecule has 4 aromatic rings. The molecule has 6 rings (SSSR count). The van der Waals surface area contributed by atoms with E-state index in [4.69, 9.17) is 4.98 Å². The fraction of sp³-hybridized carbons (Fsp3) is 0.259. The van der Waals surface area contributed by atoms with Gasteiger partial charge < -0.3 is 9.80 Å². The highest BCUT2D eigenvalue weighted by Crippen LogP contribution is 2.36. The van der Waals surface area contributed by atoms with Crippen molar-refractivity contribution in [3.63, 3.8) is 0 Å². The van der Waals surface area contributed by atoms with E-state index in [0.29, 0.717) is 17.4 Å². The van der Waals surface area contributed by atoms with Crippen LogP contribution >= 0.6 is 11.3 Å². The molecule has 0 saturated carbocycles. The van der Waals surface area contributed by atoms with Gasteiger partial charge in [0.25, 0.3) is 5.91 Å². The van der Waals surface area contributed by atoms with Gasteiger partial charge in [0.1, 0.15) is 5.82 Å². The minimum Gasteiger partial charge on any atom is -0.347 e. The van der Waals surface area contributed by atoms with Gasteiger partial charge in [-0.25, -0.2) is 9.37 Å². The number of benzene rings is 3. The molecule has 0 N–H and O–H groups in total. The molecule has 1 aromatic heterocycles. The Morgan fingerprint density at radius 3 is 2.45 bits per heavy atom. The van der Waals surface area contributed by atoms with Gasteiger partial charge in [-0.3, -0.25) is 4.79 Å². The van der Waals surface area contributed by atoms with Crippen LogP contribution in [0.1, 0.15) is 16.8 Å². The van der Waals surface area contributed by atoms with Crippen LogP contribution in [0.25, 0.3) is 21.3 Å². The molecule has 2 saturated heterocycles. The van der Waals surface area contributed by atoms with Crippen molar-refractivity contribution in [3.8, 4) is 11.1 Å². The minimum atomic E-state index is -0.294. The first-order valence-electron chi connectivity index (χ1n) is 11.4. The molecule has 166 valence electrons. The van der Waals surface area contributed by atoms with E-state index in [1.165, 1.54) is 16.8 Å². The number of carbonyl (C=O) groups excluding carboxylic acids is 1. The molecule has 1 amide bonds. The predicted octanol–water partition coefficient (Wildman–Crippen LogP) is 5.70. The number of thiazole rings is 1. The van der Waals surface area contributed by atoms with Crippen LogP contribution in [0.3, 0.4) is 0 Å². The van der Waals surface area contributed by atoms with Crippen molar-refractivity contribution in [2.24, 2.45) is 11.8 Å². The van der Waals surface area contributed by atoms with Crippen LogP contribution in [-0.4, -0.2) is 42.0 Å². The number of piperidine rings is 2. The highest BCUT2D eigenvalue weighted by Gasteiger charge is 2.37. The first-order valence-corrected chi connectivity index (χ1v) is 12.2. The maximum absolute atomic E-state index is 13.8. The van der Waals surface area contributed by atoms with Crippen LogP contribution in [0, 0.1) is 17.7 Å². The molecule has 2 bridgehead atoms. The Labute approximate surface area is 196 Å². The Morgan fingerprint density at radius 1 is 0.909 bits per heavy atom. The lowest BCUT2D eigenvalue weighted by Crippen LogP contribution is -2.54. The van der Waals surface area contributed by atoms with E-state index in [1.807, 2.05) is 41.3 Å². The van der Waals surface area contributed by atoms with Crippen LogP contribution in [0.2, 0.25) is 0 Å². The van der Waals surface area contributed by atoms with Gasteiger partial charge in [-0.05, 0) is 59.7 Å². The second-order valence-electron chi connectivity index (χ2n) is 9.10. The molecule has 0 radical (unpaired) electrons. The van der Waals surface area contributed by atoms with E-state index >= 15 is 0 Å². The highest BCUT2D eigenvalue weighted by molar-refractivity contribution is 7.22. The SMILES string of the molecule is O=C(c1ccccc1-c1cccc(F)c1)N1CC2CC(C1)CN(c1nc3ccccc3s1)C2. The standard InChI is InChI=1S/C27H24FN3OS/c28-21-7-5-6-20(13-21)22-8-1-2-9-23(22)26(32)30-14-18-12-19(15-30)17-31(16-18)27-29-24-10-3-4-11-25(24)33-27/h1-11,13,18-19H,12,14-17H2. The second kappa shape index (κ2) is 8.27. The molecular formula is C27H24FN3OS. The molecule has 2 aliphatic rings. The van der Waals surface area contributed by atoms with Crippen molar-refractivity contribution < 1.29 is 9.18 Å². The zero-order valence-electron chi connectivity index (χ0n) is 18.2. The summed E-state index contributed by atoms with van der Waals surface area (Å²) < 4.78 is 15.1. The molecule has 0 spiro atoms. The number of rotatable bonds is 3. The van der Waals surface area contributed by atoms with Crippen LogP contribution in [-0.2, 0) is 0 Å². The normalized spacial score (nSPS) is 20.3. The summed E-state index contributed by atoms with van der Waals surface area (Å²) in [5.74, 6) is 0.597. The summed E-state index contributed by atoms with van der Waals surface area (Å²) in [6, 6.07) is 22.3. The van der Waals surface area contributed by atoms with Crippen LogP contribution in [0.5, 0.6) is 0 Å². The van der Waals surface area contributed by atoms with E-state index in [1.54, 1.807) is 17.4 Å². The molecular weight excluding hydrogens is 433 g/mol. The summed E-state index contributed by atoms with van der Waals surface area (Å²) in [6.07, 6.45) is 1.15. The van der Waals surface area contributed by atoms with Gasteiger partial charge in [-0.15, -0.1) is 0 Å². The molecule has 6 heteroatoms. The van der Waals surface area contributed by atoms with Crippen molar-refractivity contribution in [2.75, 3.05) is 31.1 Å². The Morgan fingerprint density at radius 2 is 1.67 bits per heavy atom. The molecule has 2 atom stereocenters. The third kappa shape index (κ3) is 3.89. The molecule has 2 unspecified atom stereocenters. The second-order valence-corrected chi connectivity index (χ2v) is 10.1. The first-order chi connectivity index (χ1) is 16.1. The van der Waals surface area contributed by atoms with Gasteiger partial charge in [0, 0.05) is 31.7 Å². The van der Waals surface area contributed by atoms with Gasteiger partial charge in [0.2, 0.25) is 0 Å². The fourth-order valence-electron chi connectivity index (χ4n) is 5.35. The van der Waals surface area contributed by atoms with Crippen molar-refractivity contribution in [3.05, 3.63) is 84.2 Å². The van der Waals surface area contributed by atoms with Crippen LogP contribution in [0.4, 0.5) is 9.52 Å². The Balaban J connectivity index is 1.22. The maximum atomic E-state index is 13.8. The topological polar surface area (TPSA) is 36.4 Å². The van der Waals surface area contributed by atoms with Gasteiger partial charge in [0.05, 0.1) is 10.2 Å². The summed E-state index contributed by atoms with van der Waals surface area (Å²) in [6.45, 7) is 3.33. The number of amides is 1. The van der Waals surface area contributed by atoms with Crippen molar-refractivity contribution in [2.45, 2.75) is 6.42 Å². The number of para-hydroxylation sites is 1. The van der Waals surface area contributed by atoms with E-state index in [-0.39, 0.29) is 11.7 Å². The fourth-order valence-corrected chi connectivity index (χ4v) is 6.33. The number of carbonyl (C=O) groups is 1. The third-order valence-electron chi connectivity index (χ3n) is 6.71. The maximum Gasteiger partial charge on any atom is 0.254 e. The lowest BCUT2D eigenvalue weighted by molar-refractivity contribution is 0.0565. The molecule has 2 fully saturated rings. The number of nitrogens with zero attached hydrogens (tertiary/aromatic N) is 3. The summed E-state index contributed by atoms with van der Waals surface area (Å²) >= 11 is 1.75. The molecule has 4 nitrogen and oxygen atoms in total. The summed E-state index contributed by atoms with van der Waals surface area (Å²) in [7, 11) is 0.